The Morgan fingerprint density at radius 2 is 2.06 bits per heavy atom. The highest BCUT2D eigenvalue weighted by atomic mass is 32.1. The van der Waals surface area contributed by atoms with E-state index in [1.165, 1.54) is 16.7 Å². The van der Waals surface area contributed by atoms with E-state index in [9.17, 15) is 5.11 Å². The molecule has 1 unspecified atom stereocenters. The van der Waals surface area contributed by atoms with E-state index in [-0.39, 0.29) is 0 Å². The highest BCUT2D eigenvalue weighted by Crippen LogP contribution is 2.23. The van der Waals surface area contributed by atoms with Crippen LogP contribution in [0.5, 0.6) is 0 Å². The summed E-state index contributed by atoms with van der Waals surface area (Å²) in [6, 6.07) is 8.27. The molecule has 0 saturated carbocycles. The maximum atomic E-state index is 10.2. The molecule has 84 valence electrons. The normalized spacial score (nSPS) is 12.7. The van der Waals surface area contributed by atoms with Crippen molar-refractivity contribution in [3.8, 4) is 0 Å². The van der Waals surface area contributed by atoms with Crippen LogP contribution in [0.1, 0.15) is 28.4 Å². The van der Waals surface area contributed by atoms with Gasteiger partial charge in [-0.05, 0) is 47.4 Å². The van der Waals surface area contributed by atoms with E-state index in [2.05, 4.69) is 37.4 Å². The molecule has 1 aromatic carbocycles. The second-order valence-electron chi connectivity index (χ2n) is 4.21. The van der Waals surface area contributed by atoms with Gasteiger partial charge in [-0.1, -0.05) is 23.8 Å². The molecule has 0 spiro atoms. The summed E-state index contributed by atoms with van der Waals surface area (Å²) in [6.07, 6.45) is 0.308. The van der Waals surface area contributed by atoms with E-state index in [0.717, 1.165) is 5.56 Å². The first-order valence-corrected chi connectivity index (χ1v) is 6.37. The van der Waals surface area contributed by atoms with Gasteiger partial charge in [-0.3, -0.25) is 0 Å². The first kappa shape index (κ1) is 11.4. The first-order chi connectivity index (χ1) is 7.66. The highest BCUT2D eigenvalue weighted by molar-refractivity contribution is 7.07. The Labute approximate surface area is 100 Å². The van der Waals surface area contributed by atoms with Gasteiger partial charge in [0, 0.05) is 6.42 Å². The molecule has 0 aliphatic carbocycles. The van der Waals surface area contributed by atoms with Crippen LogP contribution in [0, 0.1) is 13.8 Å². The zero-order valence-corrected chi connectivity index (χ0v) is 10.4. The van der Waals surface area contributed by atoms with Crippen LogP contribution in [0.25, 0.3) is 0 Å². The number of aryl methyl sites for hydroxylation is 2. The van der Waals surface area contributed by atoms with Crippen molar-refractivity contribution in [2.45, 2.75) is 26.4 Å². The summed E-state index contributed by atoms with van der Waals surface area (Å²) in [5.74, 6) is 0. The summed E-state index contributed by atoms with van der Waals surface area (Å²) in [5, 5.41) is 14.3. The van der Waals surface area contributed by atoms with Crippen LogP contribution in [0.2, 0.25) is 0 Å². The molecule has 2 aromatic rings. The fourth-order valence-electron chi connectivity index (χ4n) is 1.94. The molecule has 0 aliphatic rings. The maximum absolute atomic E-state index is 10.2. The van der Waals surface area contributed by atoms with Gasteiger partial charge in [-0.25, -0.2) is 0 Å². The van der Waals surface area contributed by atoms with Crippen LogP contribution in [0.3, 0.4) is 0 Å². The number of hydrogen-bond acceptors (Lipinski definition) is 2. The minimum atomic E-state index is -0.393. The predicted molar refractivity (Wildman–Crippen MR) is 68.9 cm³/mol. The van der Waals surface area contributed by atoms with Gasteiger partial charge < -0.3 is 5.11 Å². The van der Waals surface area contributed by atoms with Crippen LogP contribution >= 0.6 is 11.3 Å². The molecule has 1 aromatic heterocycles. The standard InChI is InChI=1S/C14H16OS/c1-10-3-4-13(11(2)7-10)14(15)8-12-5-6-16-9-12/h3-7,9,14-15H,8H2,1-2H3. The van der Waals surface area contributed by atoms with E-state index < -0.39 is 6.10 Å². The van der Waals surface area contributed by atoms with E-state index >= 15 is 0 Å². The average molecular weight is 232 g/mol. The largest absolute Gasteiger partial charge is 0.388 e. The number of rotatable bonds is 3. The first-order valence-electron chi connectivity index (χ1n) is 5.43. The molecule has 1 N–H and O–H groups in total. The van der Waals surface area contributed by atoms with Crippen LogP contribution in [0.15, 0.2) is 35.0 Å². The van der Waals surface area contributed by atoms with Gasteiger partial charge >= 0.3 is 0 Å². The molecule has 1 nitrogen and oxygen atoms in total. The minimum Gasteiger partial charge on any atom is -0.388 e. The lowest BCUT2D eigenvalue weighted by molar-refractivity contribution is 0.178. The second kappa shape index (κ2) is 4.81. The van der Waals surface area contributed by atoms with Gasteiger partial charge in [0.05, 0.1) is 6.10 Å². The smallest absolute Gasteiger partial charge is 0.0833 e. The Bertz CT molecular complexity index is 460. The van der Waals surface area contributed by atoms with Crippen LogP contribution in [-0.4, -0.2) is 5.11 Å². The molecule has 0 fully saturated rings. The van der Waals surface area contributed by atoms with Gasteiger partial charge in [0.15, 0.2) is 0 Å². The number of hydrogen-bond donors (Lipinski definition) is 1. The SMILES string of the molecule is Cc1ccc(C(O)Cc2ccsc2)c(C)c1. The van der Waals surface area contributed by atoms with Crippen molar-refractivity contribution >= 4 is 11.3 Å². The molecule has 2 heteroatoms. The van der Waals surface area contributed by atoms with Crippen molar-refractivity contribution in [1.82, 2.24) is 0 Å². The molecule has 0 aliphatic heterocycles. The van der Waals surface area contributed by atoms with Gasteiger partial charge in [0.1, 0.15) is 0 Å². The molecule has 0 bridgehead atoms. The summed E-state index contributed by atoms with van der Waals surface area (Å²) < 4.78 is 0. The van der Waals surface area contributed by atoms with Gasteiger partial charge in [-0.15, -0.1) is 0 Å². The van der Waals surface area contributed by atoms with E-state index in [4.69, 9.17) is 0 Å². The Morgan fingerprint density at radius 3 is 2.69 bits per heavy atom. The van der Waals surface area contributed by atoms with Crippen LogP contribution in [-0.2, 0) is 6.42 Å². The average Bonchev–Trinajstić information content (AvgIpc) is 2.70. The fourth-order valence-corrected chi connectivity index (χ4v) is 2.62. The molecule has 0 saturated heterocycles. The molecule has 2 rings (SSSR count). The molecular weight excluding hydrogens is 216 g/mol. The summed E-state index contributed by atoms with van der Waals surface area (Å²) in [4.78, 5) is 0. The second-order valence-corrected chi connectivity index (χ2v) is 4.99. The summed E-state index contributed by atoms with van der Waals surface area (Å²) in [7, 11) is 0. The lowest BCUT2D eigenvalue weighted by Gasteiger charge is -2.13. The van der Waals surface area contributed by atoms with Crippen molar-refractivity contribution in [1.29, 1.82) is 0 Å². The van der Waals surface area contributed by atoms with E-state index in [0.29, 0.717) is 6.42 Å². The van der Waals surface area contributed by atoms with E-state index in [1.54, 1.807) is 11.3 Å². The third-order valence-electron chi connectivity index (χ3n) is 2.79. The molecule has 1 heterocycles. The highest BCUT2D eigenvalue weighted by Gasteiger charge is 2.11. The molecule has 16 heavy (non-hydrogen) atoms. The third-order valence-corrected chi connectivity index (χ3v) is 3.53. The Balaban J connectivity index is 2.17. The van der Waals surface area contributed by atoms with Gasteiger partial charge in [0.25, 0.3) is 0 Å². The third kappa shape index (κ3) is 2.52. The lowest BCUT2D eigenvalue weighted by Crippen LogP contribution is -2.03. The quantitative estimate of drug-likeness (QED) is 0.856. The minimum absolute atomic E-state index is 0.393. The van der Waals surface area contributed by atoms with Gasteiger partial charge in [0.2, 0.25) is 0 Å². The molecule has 0 amide bonds. The summed E-state index contributed by atoms with van der Waals surface area (Å²) in [6.45, 7) is 4.13. The summed E-state index contributed by atoms with van der Waals surface area (Å²) in [5.41, 5.74) is 4.65. The number of benzene rings is 1. The maximum Gasteiger partial charge on any atom is 0.0833 e. The van der Waals surface area contributed by atoms with Crippen molar-refractivity contribution in [3.05, 3.63) is 57.3 Å². The zero-order valence-electron chi connectivity index (χ0n) is 9.60. The molecular formula is C14H16OS. The predicted octanol–water partition coefficient (Wildman–Crippen LogP) is 3.64. The number of aliphatic hydroxyl groups is 1. The Hall–Kier alpha value is -1.12. The number of thiophene rings is 1. The van der Waals surface area contributed by atoms with Crippen LogP contribution in [0.4, 0.5) is 0 Å². The van der Waals surface area contributed by atoms with Gasteiger partial charge in [-0.2, -0.15) is 11.3 Å². The summed E-state index contributed by atoms with van der Waals surface area (Å²) >= 11 is 1.67. The van der Waals surface area contributed by atoms with Crippen molar-refractivity contribution < 1.29 is 5.11 Å². The Morgan fingerprint density at radius 1 is 1.25 bits per heavy atom. The molecule has 0 radical (unpaired) electrons. The molecule has 1 atom stereocenters. The Kier molecular flexibility index (Phi) is 3.42. The van der Waals surface area contributed by atoms with Crippen molar-refractivity contribution in [3.63, 3.8) is 0 Å². The van der Waals surface area contributed by atoms with Crippen molar-refractivity contribution in [2.24, 2.45) is 0 Å². The van der Waals surface area contributed by atoms with Crippen LogP contribution < -0.4 is 0 Å². The van der Waals surface area contributed by atoms with Crippen molar-refractivity contribution in [2.75, 3.05) is 0 Å². The fraction of sp³-hybridized carbons (Fsp3) is 0.286. The monoisotopic (exact) mass is 232 g/mol. The lowest BCUT2D eigenvalue weighted by atomic mass is 9.97. The number of aliphatic hydroxyl groups excluding tert-OH is 1. The van der Waals surface area contributed by atoms with E-state index in [1.807, 2.05) is 11.4 Å². The zero-order chi connectivity index (χ0) is 11.5. The topological polar surface area (TPSA) is 20.2 Å².